The molecule has 2 nitrogen and oxygen atoms in total. The molecule has 1 amide bonds. The van der Waals surface area contributed by atoms with Crippen molar-refractivity contribution in [3.63, 3.8) is 0 Å². The highest BCUT2D eigenvalue weighted by molar-refractivity contribution is 5.94. The van der Waals surface area contributed by atoms with Gasteiger partial charge in [0.05, 0.1) is 0 Å². The number of carbonyl (C=O) groups excluding carboxylic acids is 1. The molecule has 0 unspecified atom stereocenters. The molecule has 24 heavy (non-hydrogen) atoms. The van der Waals surface area contributed by atoms with Crippen LogP contribution in [-0.2, 0) is 0 Å². The second-order valence-corrected chi connectivity index (χ2v) is 6.03. The molecule has 0 saturated heterocycles. The molecule has 1 N–H and O–H groups in total. The lowest BCUT2D eigenvalue weighted by Crippen LogP contribution is -2.42. The Morgan fingerprint density at radius 3 is 2.17 bits per heavy atom. The van der Waals surface area contributed by atoms with Gasteiger partial charge in [-0.3, -0.25) is 4.79 Å². The molecular formula is C20H17F2NO. The molecule has 2 aromatic carbocycles. The number of hydrogen-bond acceptors (Lipinski definition) is 1. The van der Waals surface area contributed by atoms with Gasteiger partial charge in [-0.25, -0.2) is 8.78 Å². The van der Waals surface area contributed by atoms with Gasteiger partial charge in [0.25, 0.3) is 5.91 Å². The van der Waals surface area contributed by atoms with E-state index < -0.39 is 5.92 Å². The van der Waals surface area contributed by atoms with Crippen molar-refractivity contribution in [3.05, 3.63) is 71.3 Å². The molecule has 122 valence electrons. The third kappa shape index (κ3) is 4.20. The maximum absolute atomic E-state index is 12.7. The third-order valence-electron chi connectivity index (χ3n) is 4.00. The first-order valence-electron chi connectivity index (χ1n) is 7.85. The SMILES string of the molecule is O=C(NCC1CC(F)(F)C1)c1ccc(C#Cc2ccccc2)cc1. The summed E-state index contributed by atoms with van der Waals surface area (Å²) in [7, 11) is 0. The lowest BCUT2D eigenvalue weighted by molar-refractivity contribution is -0.108. The average molecular weight is 325 g/mol. The van der Waals surface area contributed by atoms with Gasteiger partial charge in [-0.15, -0.1) is 0 Å². The Bertz CT molecular complexity index is 765. The summed E-state index contributed by atoms with van der Waals surface area (Å²) < 4.78 is 25.5. The summed E-state index contributed by atoms with van der Waals surface area (Å²) in [5.41, 5.74) is 2.25. The van der Waals surface area contributed by atoms with Crippen LogP contribution >= 0.6 is 0 Å². The van der Waals surface area contributed by atoms with Crippen molar-refractivity contribution < 1.29 is 13.6 Å². The van der Waals surface area contributed by atoms with Crippen LogP contribution < -0.4 is 5.32 Å². The van der Waals surface area contributed by atoms with E-state index in [1.165, 1.54) is 0 Å². The van der Waals surface area contributed by atoms with Crippen LogP contribution in [0, 0.1) is 17.8 Å². The topological polar surface area (TPSA) is 29.1 Å². The maximum atomic E-state index is 12.7. The lowest BCUT2D eigenvalue weighted by Gasteiger charge is -2.34. The van der Waals surface area contributed by atoms with Gasteiger partial charge >= 0.3 is 0 Å². The standard InChI is InChI=1S/C20H17F2NO/c21-20(22)12-17(13-20)14-23-19(24)18-10-8-16(9-11-18)7-6-15-4-2-1-3-5-15/h1-5,8-11,17H,12-14H2,(H,23,24). The number of nitrogens with one attached hydrogen (secondary N) is 1. The van der Waals surface area contributed by atoms with E-state index in [4.69, 9.17) is 0 Å². The van der Waals surface area contributed by atoms with Gasteiger partial charge in [0, 0.05) is 36.1 Å². The molecule has 0 atom stereocenters. The minimum atomic E-state index is -2.55. The quantitative estimate of drug-likeness (QED) is 0.853. The highest BCUT2D eigenvalue weighted by Gasteiger charge is 2.44. The van der Waals surface area contributed by atoms with Crippen molar-refractivity contribution in [2.45, 2.75) is 18.8 Å². The fraction of sp³-hybridized carbons (Fsp3) is 0.250. The van der Waals surface area contributed by atoms with Crippen LogP contribution in [0.2, 0.25) is 0 Å². The molecule has 0 radical (unpaired) electrons. The van der Waals surface area contributed by atoms with Crippen molar-refractivity contribution in [1.82, 2.24) is 5.32 Å². The summed E-state index contributed by atoms with van der Waals surface area (Å²) in [6.07, 6.45) is -0.275. The van der Waals surface area contributed by atoms with Crippen molar-refractivity contribution in [1.29, 1.82) is 0 Å². The number of rotatable bonds is 3. The molecule has 1 aliphatic carbocycles. The summed E-state index contributed by atoms with van der Waals surface area (Å²) in [5.74, 6) is 3.18. The van der Waals surface area contributed by atoms with Gasteiger partial charge in [-0.1, -0.05) is 30.0 Å². The summed E-state index contributed by atoms with van der Waals surface area (Å²) in [6.45, 7) is 0.296. The fourth-order valence-corrected chi connectivity index (χ4v) is 2.64. The Morgan fingerprint density at radius 2 is 1.58 bits per heavy atom. The van der Waals surface area contributed by atoms with Crippen LogP contribution in [0.3, 0.4) is 0 Å². The van der Waals surface area contributed by atoms with Gasteiger partial charge < -0.3 is 5.32 Å². The first-order chi connectivity index (χ1) is 11.5. The lowest BCUT2D eigenvalue weighted by atomic mass is 9.81. The van der Waals surface area contributed by atoms with Crippen LogP contribution in [0.25, 0.3) is 0 Å². The molecule has 3 rings (SSSR count). The summed E-state index contributed by atoms with van der Waals surface area (Å²) in [6, 6.07) is 16.6. The summed E-state index contributed by atoms with van der Waals surface area (Å²) >= 11 is 0. The number of alkyl halides is 2. The van der Waals surface area contributed by atoms with Gasteiger partial charge in [0.2, 0.25) is 5.92 Å². The zero-order valence-electron chi connectivity index (χ0n) is 13.1. The minimum Gasteiger partial charge on any atom is -0.352 e. The zero-order valence-corrected chi connectivity index (χ0v) is 13.1. The summed E-state index contributed by atoms with van der Waals surface area (Å²) in [5, 5.41) is 2.71. The fourth-order valence-electron chi connectivity index (χ4n) is 2.64. The Balaban J connectivity index is 1.54. The van der Waals surface area contributed by atoms with Gasteiger partial charge in [-0.2, -0.15) is 0 Å². The second-order valence-electron chi connectivity index (χ2n) is 6.03. The Labute approximate surface area is 139 Å². The van der Waals surface area contributed by atoms with Gasteiger partial charge in [0.1, 0.15) is 0 Å². The highest BCUT2D eigenvalue weighted by Crippen LogP contribution is 2.41. The average Bonchev–Trinajstić information content (AvgIpc) is 2.57. The second kappa shape index (κ2) is 6.84. The Morgan fingerprint density at radius 1 is 1.00 bits per heavy atom. The van der Waals surface area contributed by atoms with Gasteiger partial charge in [0.15, 0.2) is 0 Å². The smallest absolute Gasteiger partial charge is 0.251 e. The zero-order chi connectivity index (χ0) is 17.0. The Kier molecular flexibility index (Phi) is 4.61. The van der Waals surface area contributed by atoms with E-state index in [0.29, 0.717) is 12.1 Å². The number of halogens is 2. The van der Waals surface area contributed by atoms with Crippen LogP contribution in [0.15, 0.2) is 54.6 Å². The van der Waals surface area contributed by atoms with Crippen LogP contribution in [0.1, 0.15) is 34.3 Å². The van der Waals surface area contributed by atoms with Crippen molar-refractivity contribution >= 4 is 5.91 Å². The number of benzene rings is 2. The molecule has 4 heteroatoms. The minimum absolute atomic E-state index is 0.125. The van der Waals surface area contributed by atoms with Crippen LogP contribution in [0.4, 0.5) is 8.78 Å². The molecule has 1 saturated carbocycles. The normalized spacial score (nSPS) is 15.8. The summed E-state index contributed by atoms with van der Waals surface area (Å²) in [4.78, 5) is 12.0. The van der Waals surface area contributed by atoms with E-state index in [9.17, 15) is 13.6 Å². The molecule has 1 fully saturated rings. The number of carbonyl (C=O) groups is 1. The Hall–Kier alpha value is -2.67. The monoisotopic (exact) mass is 325 g/mol. The molecule has 0 heterocycles. The molecule has 0 bridgehead atoms. The van der Waals surface area contributed by atoms with E-state index in [2.05, 4.69) is 17.2 Å². The van der Waals surface area contributed by atoms with E-state index >= 15 is 0 Å². The maximum Gasteiger partial charge on any atom is 0.251 e. The predicted molar refractivity (Wildman–Crippen MR) is 88.9 cm³/mol. The molecule has 2 aromatic rings. The third-order valence-corrected chi connectivity index (χ3v) is 4.00. The molecule has 0 aliphatic heterocycles. The number of hydrogen-bond donors (Lipinski definition) is 1. The molecule has 0 spiro atoms. The number of amides is 1. The molecular weight excluding hydrogens is 308 g/mol. The van der Waals surface area contributed by atoms with Crippen molar-refractivity contribution in [2.24, 2.45) is 5.92 Å². The van der Waals surface area contributed by atoms with E-state index in [-0.39, 0.29) is 24.7 Å². The van der Waals surface area contributed by atoms with Crippen LogP contribution in [-0.4, -0.2) is 18.4 Å². The van der Waals surface area contributed by atoms with Crippen molar-refractivity contribution in [3.8, 4) is 11.8 Å². The largest absolute Gasteiger partial charge is 0.352 e. The van der Waals surface area contributed by atoms with E-state index in [1.54, 1.807) is 24.3 Å². The molecule has 1 aliphatic rings. The van der Waals surface area contributed by atoms with E-state index in [0.717, 1.165) is 11.1 Å². The molecule has 0 aromatic heterocycles. The van der Waals surface area contributed by atoms with Crippen molar-refractivity contribution in [2.75, 3.05) is 6.54 Å². The highest BCUT2D eigenvalue weighted by atomic mass is 19.3. The van der Waals surface area contributed by atoms with E-state index in [1.807, 2.05) is 30.3 Å². The van der Waals surface area contributed by atoms with Crippen LogP contribution in [0.5, 0.6) is 0 Å². The van der Waals surface area contributed by atoms with Gasteiger partial charge in [-0.05, 0) is 42.3 Å². The first kappa shape index (κ1) is 16.2. The first-order valence-corrected chi connectivity index (χ1v) is 7.85. The predicted octanol–water partition coefficient (Wildman–Crippen LogP) is 3.86.